The number of fused-ring (bicyclic) bond motifs is 1. The maximum Gasteiger partial charge on any atom is 0.125 e. The summed E-state index contributed by atoms with van der Waals surface area (Å²) in [5.41, 5.74) is 1.42. The van der Waals surface area contributed by atoms with E-state index in [9.17, 15) is 5.11 Å². The lowest BCUT2D eigenvalue weighted by molar-refractivity contribution is 0.216. The van der Waals surface area contributed by atoms with Crippen molar-refractivity contribution in [2.75, 3.05) is 7.11 Å². The molecule has 1 N–H and O–H groups in total. The average molecular weight is 300 g/mol. The first-order valence-corrected chi connectivity index (χ1v) is 6.92. The third-order valence-electron chi connectivity index (χ3n) is 3.50. The van der Waals surface area contributed by atoms with Gasteiger partial charge in [-0.05, 0) is 35.2 Å². The molecule has 0 saturated carbocycles. The number of aromatic nitrogens is 1. The van der Waals surface area contributed by atoms with E-state index in [1.807, 2.05) is 24.3 Å². The van der Waals surface area contributed by atoms with Crippen molar-refractivity contribution in [3.05, 3.63) is 71.0 Å². The van der Waals surface area contributed by atoms with Crippen molar-refractivity contribution in [3.63, 3.8) is 0 Å². The molecule has 0 aliphatic heterocycles. The van der Waals surface area contributed by atoms with Gasteiger partial charge in [0.1, 0.15) is 11.9 Å². The molecular formula is C17H14ClNO2. The van der Waals surface area contributed by atoms with Crippen molar-refractivity contribution in [2.45, 2.75) is 6.10 Å². The smallest absolute Gasteiger partial charge is 0.125 e. The molecule has 0 saturated heterocycles. The lowest BCUT2D eigenvalue weighted by Crippen LogP contribution is -2.03. The quantitative estimate of drug-likeness (QED) is 0.795. The Hall–Kier alpha value is -2.10. The number of benzene rings is 2. The first-order chi connectivity index (χ1) is 10.2. The standard InChI is InChI=1S/C17H14ClNO2/c1-21-16-6-5-12(18)9-14(16)17(20)13-4-2-3-11-7-8-19-10-15(11)13/h2-10,17,20H,1H3. The Kier molecular flexibility index (Phi) is 3.78. The van der Waals surface area contributed by atoms with E-state index < -0.39 is 6.10 Å². The second-order valence-corrected chi connectivity index (χ2v) is 5.17. The van der Waals surface area contributed by atoms with Crippen molar-refractivity contribution < 1.29 is 9.84 Å². The van der Waals surface area contributed by atoms with Crippen molar-refractivity contribution >= 4 is 22.4 Å². The van der Waals surface area contributed by atoms with E-state index in [0.29, 0.717) is 16.3 Å². The Morgan fingerprint density at radius 1 is 1.14 bits per heavy atom. The highest BCUT2D eigenvalue weighted by Gasteiger charge is 2.18. The van der Waals surface area contributed by atoms with Crippen molar-refractivity contribution in [2.24, 2.45) is 0 Å². The number of ether oxygens (including phenoxy) is 1. The highest BCUT2D eigenvalue weighted by atomic mass is 35.5. The molecule has 1 atom stereocenters. The molecule has 4 heteroatoms. The van der Waals surface area contributed by atoms with E-state index in [4.69, 9.17) is 16.3 Å². The third kappa shape index (κ3) is 2.58. The molecule has 0 radical (unpaired) electrons. The molecule has 0 aliphatic rings. The van der Waals surface area contributed by atoms with Gasteiger partial charge in [-0.25, -0.2) is 0 Å². The van der Waals surface area contributed by atoms with Gasteiger partial charge in [-0.2, -0.15) is 0 Å². The Bertz CT molecular complexity index is 783. The number of pyridine rings is 1. The molecule has 106 valence electrons. The van der Waals surface area contributed by atoms with Crippen LogP contribution in [-0.4, -0.2) is 17.2 Å². The number of nitrogens with zero attached hydrogens (tertiary/aromatic N) is 1. The zero-order valence-corrected chi connectivity index (χ0v) is 12.2. The molecule has 3 aromatic rings. The lowest BCUT2D eigenvalue weighted by Gasteiger charge is -2.17. The van der Waals surface area contributed by atoms with E-state index in [1.54, 1.807) is 37.7 Å². The van der Waals surface area contributed by atoms with E-state index in [-0.39, 0.29) is 0 Å². The van der Waals surface area contributed by atoms with Crippen LogP contribution in [0.2, 0.25) is 5.02 Å². The van der Waals surface area contributed by atoms with Gasteiger partial charge in [0, 0.05) is 28.4 Å². The minimum absolute atomic E-state index is 0.559. The fourth-order valence-electron chi connectivity index (χ4n) is 2.46. The van der Waals surface area contributed by atoms with E-state index >= 15 is 0 Å². The fraction of sp³-hybridized carbons (Fsp3) is 0.118. The third-order valence-corrected chi connectivity index (χ3v) is 3.73. The number of rotatable bonds is 3. The highest BCUT2D eigenvalue weighted by molar-refractivity contribution is 6.30. The summed E-state index contributed by atoms with van der Waals surface area (Å²) in [6.07, 6.45) is 2.66. The first kappa shape index (κ1) is 13.9. The van der Waals surface area contributed by atoms with Crippen LogP contribution in [0.25, 0.3) is 10.8 Å². The molecule has 2 aromatic carbocycles. The summed E-state index contributed by atoms with van der Waals surface area (Å²) in [4.78, 5) is 4.14. The first-order valence-electron chi connectivity index (χ1n) is 6.55. The van der Waals surface area contributed by atoms with Crippen LogP contribution in [-0.2, 0) is 0 Å². The normalized spacial score (nSPS) is 12.3. The molecule has 1 aromatic heterocycles. The second kappa shape index (κ2) is 5.72. The van der Waals surface area contributed by atoms with Crippen LogP contribution in [0.1, 0.15) is 17.2 Å². The Labute approximate surface area is 127 Å². The molecule has 1 heterocycles. The zero-order valence-electron chi connectivity index (χ0n) is 11.5. The van der Waals surface area contributed by atoms with Crippen molar-refractivity contribution in [3.8, 4) is 5.75 Å². The van der Waals surface area contributed by atoms with Crippen LogP contribution in [0.5, 0.6) is 5.75 Å². The van der Waals surface area contributed by atoms with Crippen LogP contribution in [0.4, 0.5) is 0 Å². The zero-order chi connectivity index (χ0) is 14.8. The van der Waals surface area contributed by atoms with Crippen LogP contribution in [0.15, 0.2) is 54.9 Å². The molecule has 3 rings (SSSR count). The van der Waals surface area contributed by atoms with Crippen LogP contribution in [0, 0.1) is 0 Å². The fourth-order valence-corrected chi connectivity index (χ4v) is 2.64. The summed E-state index contributed by atoms with van der Waals surface area (Å²) in [5, 5.41) is 13.3. The maximum absolute atomic E-state index is 10.8. The van der Waals surface area contributed by atoms with Gasteiger partial charge >= 0.3 is 0 Å². The molecule has 1 unspecified atom stereocenters. The van der Waals surface area contributed by atoms with Gasteiger partial charge < -0.3 is 9.84 Å². The number of aliphatic hydroxyl groups is 1. The summed E-state index contributed by atoms with van der Waals surface area (Å²) in [7, 11) is 1.57. The van der Waals surface area contributed by atoms with E-state index in [1.165, 1.54) is 0 Å². The maximum atomic E-state index is 10.8. The number of hydrogen-bond acceptors (Lipinski definition) is 3. The molecular weight excluding hydrogens is 286 g/mol. The molecule has 0 aliphatic carbocycles. The summed E-state index contributed by atoms with van der Waals surface area (Å²) >= 11 is 6.04. The van der Waals surface area contributed by atoms with Gasteiger partial charge in [0.15, 0.2) is 0 Å². The summed E-state index contributed by atoms with van der Waals surface area (Å²) in [5.74, 6) is 0.604. The number of aliphatic hydroxyl groups excluding tert-OH is 1. The molecule has 0 spiro atoms. The van der Waals surface area contributed by atoms with Gasteiger partial charge in [0.05, 0.1) is 7.11 Å². The molecule has 0 bridgehead atoms. The van der Waals surface area contributed by atoms with Gasteiger partial charge in [-0.15, -0.1) is 0 Å². The van der Waals surface area contributed by atoms with E-state index in [2.05, 4.69) is 4.98 Å². The largest absolute Gasteiger partial charge is 0.496 e. The number of methoxy groups -OCH3 is 1. The Morgan fingerprint density at radius 2 is 2.00 bits per heavy atom. The SMILES string of the molecule is COc1ccc(Cl)cc1C(O)c1cccc2ccncc12. The van der Waals surface area contributed by atoms with Gasteiger partial charge in [0.2, 0.25) is 0 Å². The summed E-state index contributed by atoms with van der Waals surface area (Å²) in [6.45, 7) is 0. The number of hydrogen-bond donors (Lipinski definition) is 1. The summed E-state index contributed by atoms with van der Waals surface area (Å²) in [6, 6.07) is 12.9. The predicted octanol–water partition coefficient (Wildman–Crippen LogP) is 3.98. The molecule has 0 amide bonds. The average Bonchev–Trinajstić information content (AvgIpc) is 2.53. The van der Waals surface area contributed by atoms with Gasteiger partial charge in [0.25, 0.3) is 0 Å². The topological polar surface area (TPSA) is 42.4 Å². The minimum atomic E-state index is -0.827. The summed E-state index contributed by atoms with van der Waals surface area (Å²) < 4.78 is 5.32. The Morgan fingerprint density at radius 3 is 2.81 bits per heavy atom. The number of halogens is 1. The van der Waals surface area contributed by atoms with Crippen molar-refractivity contribution in [1.82, 2.24) is 4.98 Å². The molecule has 21 heavy (non-hydrogen) atoms. The van der Waals surface area contributed by atoms with Crippen LogP contribution >= 0.6 is 11.6 Å². The Balaban J connectivity index is 2.17. The van der Waals surface area contributed by atoms with Crippen LogP contribution < -0.4 is 4.74 Å². The van der Waals surface area contributed by atoms with E-state index in [0.717, 1.165) is 16.3 Å². The lowest BCUT2D eigenvalue weighted by atomic mass is 9.96. The van der Waals surface area contributed by atoms with Gasteiger partial charge in [-0.1, -0.05) is 29.8 Å². The molecule has 0 fully saturated rings. The predicted molar refractivity (Wildman–Crippen MR) is 83.8 cm³/mol. The second-order valence-electron chi connectivity index (χ2n) is 4.73. The van der Waals surface area contributed by atoms with Crippen molar-refractivity contribution in [1.29, 1.82) is 0 Å². The van der Waals surface area contributed by atoms with Gasteiger partial charge in [-0.3, -0.25) is 4.98 Å². The van der Waals surface area contributed by atoms with Crippen LogP contribution in [0.3, 0.4) is 0 Å². The minimum Gasteiger partial charge on any atom is -0.496 e. The molecule has 3 nitrogen and oxygen atoms in total. The highest BCUT2D eigenvalue weighted by Crippen LogP contribution is 2.34. The monoisotopic (exact) mass is 299 g/mol.